The Balaban J connectivity index is 1.30. The lowest BCUT2D eigenvalue weighted by atomic mass is 10.1. The number of rotatable bonds is 4. The number of hydrogen-bond acceptors (Lipinski definition) is 4. The molecule has 0 spiro atoms. The molecule has 0 bridgehead atoms. The van der Waals surface area contributed by atoms with Gasteiger partial charge in [-0.2, -0.15) is 0 Å². The van der Waals surface area contributed by atoms with Crippen molar-refractivity contribution in [2.24, 2.45) is 0 Å². The van der Waals surface area contributed by atoms with Crippen LogP contribution in [0.25, 0.3) is 81.8 Å². The van der Waals surface area contributed by atoms with Gasteiger partial charge in [-0.1, -0.05) is 115 Å². The molecule has 0 aliphatic heterocycles. The van der Waals surface area contributed by atoms with Crippen LogP contribution in [0.1, 0.15) is 5.56 Å². The van der Waals surface area contributed by atoms with Crippen molar-refractivity contribution in [3.8, 4) is 39.9 Å². The molecule has 0 saturated heterocycles. The van der Waals surface area contributed by atoms with Gasteiger partial charge in [-0.25, -0.2) is 15.0 Å². The van der Waals surface area contributed by atoms with E-state index in [1.54, 1.807) is 0 Å². The van der Waals surface area contributed by atoms with Crippen LogP contribution in [0.4, 0.5) is 0 Å². The molecule has 0 radical (unpaired) electrons. The second-order valence-corrected chi connectivity index (χ2v) is 12.4. The molecule has 0 fully saturated rings. The molecule has 0 N–H and O–H groups in total. The zero-order valence-corrected chi connectivity index (χ0v) is 25.3. The fourth-order valence-corrected chi connectivity index (χ4v) is 7.66. The molecule has 0 atom stereocenters. The van der Waals surface area contributed by atoms with Crippen LogP contribution in [-0.4, -0.2) is 19.5 Å². The fraction of sp³-hybridized carbons (Fsp3) is 0.0250. The van der Waals surface area contributed by atoms with E-state index < -0.39 is 0 Å². The number of fused-ring (bicyclic) bond motifs is 7. The minimum Gasteiger partial charge on any atom is -0.308 e. The summed E-state index contributed by atoms with van der Waals surface area (Å²) < 4.78 is 5.00. The summed E-state index contributed by atoms with van der Waals surface area (Å²) in [6, 6.07) is 49.0. The van der Waals surface area contributed by atoms with Crippen LogP contribution >= 0.6 is 11.3 Å². The minimum absolute atomic E-state index is 0.648. The van der Waals surface area contributed by atoms with E-state index in [9.17, 15) is 0 Å². The fourth-order valence-electron chi connectivity index (χ4n) is 6.42. The third-order valence-corrected chi connectivity index (χ3v) is 9.68. The minimum atomic E-state index is 0.648. The molecular weight excluding hydrogens is 569 g/mol. The van der Waals surface area contributed by atoms with Gasteiger partial charge >= 0.3 is 0 Å². The molecule has 4 nitrogen and oxygen atoms in total. The first-order chi connectivity index (χ1) is 22.2. The van der Waals surface area contributed by atoms with Crippen molar-refractivity contribution in [3.05, 3.63) is 145 Å². The van der Waals surface area contributed by atoms with Crippen LogP contribution in [0.2, 0.25) is 0 Å². The smallest absolute Gasteiger partial charge is 0.164 e. The van der Waals surface area contributed by atoms with Crippen molar-refractivity contribution in [1.29, 1.82) is 0 Å². The van der Waals surface area contributed by atoms with Gasteiger partial charge in [0, 0.05) is 48.6 Å². The summed E-state index contributed by atoms with van der Waals surface area (Å²) in [6.07, 6.45) is 0. The van der Waals surface area contributed by atoms with Gasteiger partial charge < -0.3 is 4.57 Å². The monoisotopic (exact) mass is 594 g/mol. The van der Waals surface area contributed by atoms with Crippen molar-refractivity contribution in [3.63, 3.8) is 0 Å². The maximum Gasteiger partial charge on any atom is 0.164 e. The Hall–Kier alpha value is -5.65. The highest BCUT2D eigenvalue weighted by Gasteiger charge is 2.19. The normalized spacial score (nSPS) is 11.7. The summed E-state index contributed by atoms with van der Waals surface area (Å²) in [5, 5.41) is 5.08. The zero-order valence-electron chi connectivity index (χ0n) is 24.5. The van der Waals surface area contributed by atoms with Crippen LogP contribution < -0.4 is 0 Å². The van der Waals surface area contributed by atoms with Crippen LogP contribution in [0.3, 0.4) is 0 Å². The average Bonchev–Trinajstić information content (AvgIpc) is 3.65. The van der Waals surface area contributed by atoms with E-state index in [1.807, 2.05) is 47.7 Å². The summed E-state index contributed by atoms with van der Waals surface area (Å²) in [5.74, 6) is 1.97. The van der Waals surface area contributed by atoms with Crippen LogP contribution in [-0.2, 0) is 0 Å². The van der Waals surface area contributed by atoms with Crippen molar-refractivity contribution in [1.82, 2.24) is 19.5 Å². The van der Waals surface area contributed by atoms with Gasteiger partial charge in [0.2, 0.25) is 0 Å². The number of thiophene rings is 1. The Morgan fingerprint density at radius 3 is 1.91 bits per heavy atom. The summed E-state index contributed by atoms with van der Waals surface area (Å²) in [4.78, 5) is 15.0. The molecule has 5 heteroatoms. The van der Waals surface area contributed by atoms with E-state index in [-0.39, 0.29) is 0 Å². The van der Waals surface area contributed by atoms with E-state index in [2.05, 4.69) is 115 Å². The van der Waals surface area contributed by atoms with E-state index in [4.69, 9.17) is 15.0 Å². The largest absolute Gasteiger partial charge is 0.308 e. The molecule has 3 heterocycles. The number of aromatic nitrogens is 4. The molecule has 0 saturated carbocycles. The van der Waals surface area contributed by atoms with Gasteiger partial charge in [-0.15, -0.1) is 11.3 Å². The molecule has 0 unspecified atom stereocenters. The van der Waals surface area contributed by atoms with Gasteiger partial charge in [0.25, 0.3) is 0 Å². The van der Waals surface area contributed by atoms with Crippen LogP contribution in [0, 0.1) is 6.92 Å². The van der Waals surface area contributed by atoms with Crippen molar-refractivity contribution in [2.75, 3.05) is 0 Å². The number of para-hydroxylation sites is 1. The zero-order chi connectivity index (χ0) is 29.9. The average molecular weight is 595 g/mol. The molecule has 212 valence electrons. The maximum atomic E-state index is 5.04. The van der Waals surface area contributed by atoms with E-state index in [0.29, 0.717) is 17.5 Å². The quantitative estimate of drug-likeness (QED) is 0.204. The molecule has 3 aromatic heterocycles. The van der Waals surface area contributed by atoms with Crippen molar-refractivity contribution < 1.29 is 0 Å². The third-order valence-electron chi connectivity index (χ3n) is 8.49. The topological polar surface area (TPSA) is 43.6 Å². The first-order valence-electron chi connectivity index (χ1n) is 15.0. The first kappa shape index (κ1) is 25.8. The summed E-state index contributed by atoms with van der Waals surface area (Å²) in [6.45, 7) is 2.09. The Labute approximate surface area is 263 Å². The molecule has 9 aromatic rings. The van der Waals surface area contributed by atoms with Gasteiger partial charge in [0.1, 0.15) is 0 Å². The Morgan fingerprint density at radius 2 is 1.11 bits per heavy atom. The number of benzene rings is 6. The molecule has 0 aliphatic carbocycles. The molecule has 45 heavy (non-hydrogen) atoms. The molecule has 0 amide bonds. The van der Waals surface area contributed by atoms with Gasteiger partial charge in [0.15, 0.2) is 17.5 Å². The number of nitrogens with zero attached hydrogens (tertiary/aromatic N) is 4. The standard InChI is InChI=1S/C40H26N4S/c1-25-11-9-14-27(23-25)39-41-38(26-12-3-2-4-13-26)42-40(43-39)28-15-10-16-29(24-28)44-34-19-7-5-17-30(34)32-21-22-33-31-18-6-8-20-35(31)45-37(33)36(32)44/h2-24H,1H3. The Bertz CT molecular complexity index is 2560. The Kier molecular flexibility index (Phi) is 5.86. The Morgan fingerprint density at radius 1 is 0.489 bits per heavy atom. The predicted molar refractivity (Wildman–Crippen MR) is 188 cm³/mol. The highest BCUT2D eigenvalue weighted by Crippen LogP contribution is 2.43. The SMILES string of the molecule is Cc1cccc(-c2nc(-c3ccccc3)nc(-c3cccc(-n4c5ccccc5c5ccc6c7ccccc7sc6c54)c3)n2)c1. The maximum absolute atomic E-state index is 5.04. The first-order valence-corrected chi connectivity index (χ1v) is 15.9. The predicted octanol–water partition coefficient (Wildman–Crippen LogP) is 10.6. The molecule has 9 rings (SSSR count). The number of hydrogen-bond donors (Lipinski definition) is 0. The second-order valence-electron chi connectivity index (χ2n) is 11.4. The second kappa shape index (κ2) is 10.2. The van der Waals surface area contributed by atoms with Crippen LogP contribution in [0.5, 0.6) is 0 Å². The van der Waals surface area contributed by atoms with E-state index in [1.165, 1.54) is 42.0 Å². The van der Waals surface area contributed by atoms with Crippen LogP contribution in [0.15, 0.2) is 140 Å². The van der Waals surface area contributed by atoms with Gasteiger partial charge in [-0.05, 0) is 37.3 Å². The summed E-state index contributed by atoms with van der Waals surface area (Å²) in [5.41, 5.74) is 7.51. The lowest BCUT2D eigenvalue weighted by Gasteiger charge is -2.12. The van der Waals surface area contributed by atoms with Crippen molar-refractivity contribution in [2.45, 2.75) is 6.92 Å². The van der Waals surface area contributed by atoms with E-state index in [0.717, 1.165) is 27.9 Å². The number of aryl methyl sites for hydroxylation is 1. The summed E-state index contributed by atoms with van der Waals surface area (Å²) in [7, 11) is 0. The van der Waals surface area contributed by atoms with Gasteiger partial charge in [0.05, 0.1) is 15.7 Å². The highest BCUT2D eigenvalue weighted by molar-refractivity contribution is 7.26. The highest BCUT2D eigenvalue weighted by atomic mass is 32.1. The molecule has 0 aliphatic rings. The van der Waals surface area contributed by atoms with Crippen molar-refractivity contribution >= 4 is 53.3 Å². The molecule has 6 aromatic carbocycles. The lowest BCUT2D eigenvalue weighted by molar-refractivity contribution is 1.07. The molecular formula is C40H26N4S. The summed E-state index contributed by atoms with van der Waals surface area (Å²) >= 11 is 1.86. The lowest BCUT2D eigenvalue weighted by Crippen LogP contribution is -2.01. The third kappa shape index (κ3) is 4.24. The van der Waals surface area contributed by atoms with E-state index >= 15 is 0 Å². The van der Waals surface area contributed by atoms with Gasteiger partial charge in [-0.3, -0.25) is 0 Å².